The molecule has 14 heavy (non-hydrogen) atoms. The van der Waals surface area contributed by atoms with Gasteiger partial charge in [-0.1, -0.05) is 13.8 Å². The molecule has 0 aromatic heterocycles. The van der Waals surface area contributed by atoms with E-state index < -0.39 is 5.41 Å². The third kappa shape index (κ3) is 1.66. The Morgan fingerprint density at radius 3 is 2.57 bits per heavy atom. The van der Waals surface area contributed by atoms with Crippen LogP contribution in [-0.4, -0.2) is 36.0 Å². The van der Waals surface area contributed by atoms with Crippen molar-refractivity contribution in [2.24, 2.45) is 5.41 Å². The minimum absolute atomic E-state index is 0.0387. The summed E-state index contributed by atoms with van der Waals surface area (Å²) in [7, 11) is 0. The summed E-state index contributed by atoms with van der Waals surface area (Å²) < 4.78 is 5.04. The van der Waals surface area contributed by atoms with E-state index in [1.807, 2.05) is 13.8 Å². The van der Waals surface area contributed by atoms with Crippen LogP contribution in [0.25, 0.3) is 0 Å². The topological polar surface area (TPSA) is 49.9 Å². The van der Waals surface area contributed by atoms with E-state index in [-0.39, 0.29) is 17.9 Å². The zero-order chi connectivity index (χ0) is 10.3. The molecule has 2 saturated heterocycles. The lowest BCUT2D eigenvalue weighted by atomic mass is 9.92. The molecule has 0 saturated carbocycles. The number of hydrogen-bond donors (Lipinski definition) is 0. The van der Waals surface area contributed by atoms with Gasteiger partial charge < -0.3 is 4.74 Å². The van der Waals surface area contributed by atoms with E-state index in [4.69, 9.17) is 4.74 Å². The van der Waals surface area contributed by atoms with E-state index in [2.05, 4.69) is 0 Å². The molecule has 0 N–H and O–H groups in total. The Hall–Kier alpha value is -0.900. The van der Waals surface area contributed by atoms with E-state index in [0.29, 0.717) is 13.0 Å². The summed E-state index contributed by atoms with van der Waals surface area (Å²) in [5, 5.41) is 0. The molecule has 2 fully saturated rings. The molecule has 4 heteroatoms. The van der Waals surface area contributed by atoms with E-state index in [9.17, 15) is 9.59 Å². The van der Waals surface area contributed by atoms with Crippen molar-refractivity contribution in [3.63, 3.8) is 0 Å². The Kier molecular flexibility index (Phi) is 2.10. The molecule has 0 spiro atoms. The molecule has 2 heterocycles. The van der Waals surface area contributed by atoms with E-state index in [1.165, 1.54) is 4.90 Å². The van der Waals surface area contributed by atoms with E-state index in [1.54, 1.807) is 0 Å². The van der Waals surface area contributed by atoms with Gasteiger partial charge in [0.25, 0.3) is 0 Å². The molecule has 2 aliphatic heterocycles. The zero-order valence-corrected chi connectivity index (χ0v) is 8.58. The second kappa shape index (κ2) is 3.05. The van der Waals surface area contributed by atoms with Crippen molar-refractivity contribution >= 4 is 11.8 Å². The van der Waals surface area contributed by atoms with Crippen LogP contribution in [0.4, 0.5) is 0 Å². The highest BCUT2D eigenvalue weighted by Crippen LogP contribution is 2.32. The molecule has 0 radical (unpaired) electrons. The van der Waals surface area contributed by atoms with Crippen LogP contribution in [-0.2, 0) is 14.3 Å². The Balaban J connectivity index is 1.96. The van der Waals surface area contributed by atoms with Gasteiger partial charge in [0.15, 0.2) is 0 Å². The van der Waals surface area contributed by atoms with E-state index >= 15 is 0 Å². The number of ether oxygens (including phenoxy) is 1. The molecular formula is C10H15NO3. The lowest BCUT2D eigenvalue weighted by Gasteiger charge is -2.16. The van der Waals surface area contributed by atoms with Crippen LogP contribution < -0.4 is 0 Å². The summed E-state index contributed by atoms with van der Waals surface area (Å²) in [5.41, 5.74) is -0.499. The second-order valence-corrected chi connectivity index (χ2v) is 4.66. The highest BCUT2D eigenvalue weighted by Gasteiger charge is 2.44. The predicted molar refractivity (Wildman–Crippen MR) is 49.5 cm³/mol. The van der Waals surface area contributed by atoms with Crippen LogP contribution in [0.3, 0.4) is 0 Å². The molecule has 0 aromatic carbocycles. The molecule has 2 amide bonds. The number of likely N-dealkylation sites (tertiary alicyclic amines) is 1. The molecule has 1 atom stereocenters. The van der Waals surface area contributed by atoms with Crippen LogP contribution >= 0.6 is 0 Å². The number of epoxide rings is 1. The largest absolute Gasteiger partial charge is 0.373 e. The lowest BCUT2D eigenvalue weighted by Crippen LogP contribution is -2.34. The molecule has 2 aliphatic rings. The first kappa shape index (κ1) is 9.65. The Labute approximate surface area is 83.2 Å². The monoisotopic (exact) mass is 197 g/mol. The number of nitrogens with zero attached hydrogens (tertiary/aromatic N) is 1. The Bertz CT molecular complexity index is 281. The minimum Gasteiger partial charge on any atom is -0.373 e. The third-order valence-electron chi connectivity index (χ3n) is 2.80. The average Bonchev–Trinajstić information content (AvgIpc) is 2.83. The number of imide groups is 1. The van der Waals surface area contributed by atoms with Crippen molar-refractivity contribution < 1.29 is 14.3 Å². The fourth-order valence-corrected chi connectivity index (χ4v) is 1.76. The number of amides is 2. The predicted octanol–water partition coefficient (Wildman–Crippen LogP) is 0.560. The van der Waals surface area contributed by atoms with E-state index in [0.717, 1.165) is 13.0 Å². The van der Waals surface area contributed by atoms with Gasteiger partial charge in [0.1, 0.15) is 0 Å². The van der Waals surface area contributed by atoms with Crippen molar-refractivity contribution in [3.8, 4) is 0 Å². The minimum atomic E-state index is -0.499. The normalized spacial score (nSPS) is 29.9. The summed E-state index contributed by atoms with van der Waals surface area (Å²) >= 11 is 0. The van der Waals surface area contributed by atoms with Gasteiger partial charge in [-0.2, -0.15) is 0 Å². The first-order valence-electron chi connectivity index (χ1n) is 4.97. The van der Waals surface area contributed by atoms with Crippen LogP contribution in [0, 0.1) is 5.41 Å². The Morgan fingerprint density at radius 2 is 2.14 bits per heavy atom. The third-order valence-corrected chi connectivity index (χ3v) is 2.80. The van der Waals surface area contributed by atoms with Gasteiger partial charge in [0.05, 0.1) is 18.1 Å². The van der Waals surface area contributed by atoms with Gasteiger partial charge in [-0.05, 0) is 6.42 Å². The second-order valence-electron chi connectivity index (χ2n) is 4.66. The number of carbonyl (C=O) groups is 2. The summed E-state index contributed by atoms with van der Waals surface area (Å²) in [4.78, 5) is 24.6. The number of hydrogen-bond acceptors (Lipinski definition) is 3. The summed E-state index contributed by atoms with van der Waals surface area (Å²) in [5.74, 6) is -0.0798. The van der Waals surface area contributed by atoms with Gasteiger partial charge >= 0.3 is 0 Å². The standard InChI is InChI=1S/C10H15NO3/c1-10(2)5-8(12)11(9(10)13)4-3-7-6-14-7/h7H,3-6H2,1-2H3. The summed E-state index contributed by atoms with van der Waals surface area (Å²) in [6.45, 7) is 4.94. The highest BCUT2D eigenvalue weighted by molar-refractivity contribution is 6.05. The SMILES string of the molecule is CC1(C)CC(=O)N(CCC2CO2)C1=O. The zero-order valence-electron chi connectivity index (χ0n) is 8.58. The number of rotatable bonds is 3. The van der Waals surface area contributed by atoms with Gasteiger partial charge in [0.2, 0.25) is 11.8 Å². The number of carbonyl (C=O) groups excluding carboxylic acids is 2. The molecule has 1 unspecified atom stereocenters. The molecule has 0 aromatic rings. The summed E-state index contributed by atoms with van der Waals surface area (Å²) in [6, 6.07) is 0. The van der Waals surface area contributed by atoms with Gasteiger partial charge in [-0.3, -0.25) is 14.5 Å². The fourth-order valence-electron chi connectivity index (χ4n) is 1.76. The first-order chi connectivity index (χ1) is 6.50. The van der Waals surface area contributed by atoms with Crippen molar-refractivity contribution in [2.75, 3.05) is 13.2 Å². The van der Waals surface area contributed by atoms with Crippen LogP contribution in [0.15, 0.2) is 0 Å². The molecule has 0 bridgehead atoms. The average molecular weight is 197 g/mol. The van der Waals surface area contributed by atoms with Crippen LogP contribution in [0.2, 0.25) is 0 Å². The van der Waals surface area contributed by atoms with Crippen molar-refractivity contribution in [3.05, 3.63) is 0 Å². The fraction of sp³-hybridized carbons (Fsp3) is 0.800. The molecule has 78 valence electrons. The van der Waals surface area contributed by atoms with Crippen molar-refractivity contribution in [1.82, 2.24) is 4.90 Å². The summed E-state index contributed by atoms with van der Waals surface area (Å²) in [6.07, 6.45) is 1.41. The molecule has 4 nitrogen and oxygen atoms in total. The van der Waals surface area contributed by atoms with Gasteiger partial charge in [0, 0.05) is 13.0 Å². The first-order valence-corrected chi connectivity index (χ1v) is 4.97. The van der Waals surface area contributed by atoms with Crippen LogP contribution in [0.1, 0.15) is 26.7 Å². The Morgan fingerprint density at radius 1 is 1.50 bits per heavy atom. The van der Waals surface area contributed by atoms with Gasteiger partial charge in [-0.25, -0.2) is 0 Å². The van der Waals surface area contributed by atoms with Crippen molar-refractivity contribution in [2.45, 2.75) is 32.8 Å². The lowest BCUT2D eigenvalue weighted by molar-refractivity contribution is -0.140. The molecular weight excluding hydrogens is 182 g/mol. The molecule has 0 aliphatic carbocycles. The maximum Gasteiger partial charge on any atom is 0.235 e. The maximum atomic E-state index is 11.7. The van der Waals surface area contributed by atoms with Crippen LogP contribution in [0.5, 0.6) is 0 Å². The maximum absolute atomic E-state index is 11.7. The van der Waals surface area contributed by atoms with Gasteiger partial charge in [-0.15, -0.1) is 0 Å². The smallest absolute Gasteiger partial charge is 0.235 e. The quantitative estimate of drug-likeness (QED) is 0.490. The molecule has 2 rings (SSSR count). The highest BCUT2D eigenvalue weighted by atomic mass is 16.6. The van der Waals surface area contributed by atoms with Crippen molar-refractivity contribution in [1.29, 1.82) is 0 Å².